The van der Waals surface area contributed by atoms with Crippen LogP contribution in [0, 0.1) is 6.92 Å². The Morgan fingerprint density at radius 1 is 1.32 bits per heavy atom. The summed E-state index contributed by atoms with van der Waals surface area (Å²) in [5.41, 5.74) is 4.60. The van der Waals surface area contributed by atoms with E-state index in [-0.39, 0.29) is 0 Å². The first-order valence-corrected chi connectivity index (χ1v) is 6.80. The third-order valence-corrected chi connectivity index (χ3v) is 3.35. The lowest BCUT2D eigenvalue weighted by Gasteiger charge is -2.19. The second kappa shape index (κ2) is 5.47. The monoisotopic (exact) mass is 258 g/mol. The van der Waals surface area contributed by atoms with E-state index in [1.54, 1.807) is 7.11 Å². The third kappa shape index (κ3) is 2.50. The van der Waals surface area contributed by atoms with Crippen LogP contribution in [0.5, 0.6) is 5.75 Å². The van der Waals surface area contributed by atoms with Crippen LogP contribution in [0.4, 0.5) is 5.69 Å². The lowest BCUT2D eigenvalue weighted by atomic mass is 9.96. The number of aryl methyl sites for hydroxylation is 1. The highest BCUT2D eigenvalue weighted by Crippen LogP contribution is 2.35. The Hall–Kier alpha value is -1.77. The van der Waals surface area contributed by atoms with E-state index in [9.17, 15) is 0 Å². The molecule has 0 atom stereocenters. The zero-order valence-electron chi connectivity index (χ0n) is 12.4. The van der Waals surface area contributed by atoms with Gasteiger partial charge < -0.3 is 10.1 Å². The van der Waals surface area contributed by atoms with E-state index in [4.69, 9.17) is 9.72 Å². The number of hydrogen-bond acceptors (Lipinski definition) is 3. The van der Waals surface area contributed by atoms with Crippen molar-refractivity contribution in [3.05, 3.63) is 29.5 Å². The van der Waals surface area contributed by atoms with Crippen molar-refractivity contribution in [3.8, 4) is 5.75 Å². The molecular formula is C16H22N2O. The van der Waals surface area contributed by atoms with E-state index >= 15 is 0 Å². The van der Waals surface area contributed by atoms with E-state index in [2.05, 4.69) is 39.1 Å². The molecule has 102 valence electrons. The largest absolute Gasteiger partial charge is 0.497 e. The van der Waals surface area contributed by atoms with Gasteiger partial charge in [-0.15, -0.1) is 0 Å². The Balaban J connectivity index is 2.79. The number of benzene rings is 1. The summed E-state index contributed by atoms with van der Waals surface area (Å²) in [5, 5.41) is 4.63. The second-order valence-corrected chi connectivity index (χ2v) is 5.05. The molecule has 0 fully saturated rings. The molecule has 1 heterocycles. The first kappa shape index (κ1) is 13.7. The SMILES string of the molecule is CCNc1c(C(C)C)c(C)nc2ccc(OC)cc12. The molecule has 3 heteroatoms. The fraction of sp³-hybridized carbons (Fsp3) is 0.438. The molecule has 1 N–H and O–H groups in total. The maximum Gasteiger partial charge on any atom is 0.119 e. The molecular weight excluding hydrogens is 236 g/mol. The zero-order valence-corrected chi connectivity index (χ0v) is 12.4. The molecule has 0 bridgehead atoms. The van der Waals surface area contributed by atoms with Crippen LogP contribution < -0.4 is 10.1 Å². The van der Waals surface area contributed by atoms with Crippen molar-refractivity contribution in [1.82, 2.24) is 4.98 Å². The average Bonchev–Trinajstić information content (AvgIpc) is 2.38. The number of hydrogen-bond donors (Lipinski definition) is 1. The van der Waals surface area contributed by atoms with Gasteiger partial charge in [-0.1, -0.05) is 13.8 Å². The van der Waals surface area contributed by atoms with Gasteiger partial charge in [0.15, 0.2) is 0 Å². The normalized spacial score (nSPS) is 11.1. The molecule has 0 spiro atoms. The predicted molar refractivity (Wildman–Crippen MR) is 81.3 cm³/mol. The summed E-state index contributed by atoms with van der Waals surface area (Å²) in [7, 11) is 1.69. The van der Waals surface area contributed by atoms with Gasteiger partial charge in [0.1, 0.15) is 5.75 Å². The van der Waals surface area contributed by atoms with Crippen LogP contribution >= 0.6 is 0 Å². The van der Waals surface area contributed by atoms with Crippen molar-refractivity contribution in [2.45, 2.75) is 33.6 Å². The van der Waals surface area contributed by atoms with Crippen molar-refractivity contribution < 1.29 is 4.74 Å². The summed E-state index contributed by atoms with van der Waals surface area (Å²) in [4.78, 5) is 4.72. The van der Waals surface area contributed by atoms with E-state index in [1.807, 2.05) is 12.1 Å². The number of pyridine rings is 1. The van der Waals surface area contributed by atoms with Gasteiger partial charge in [-0.25, -0.2) is 0 Å². The summed E-state index contributed by atoms with van der Waals surface area (Å²) in [6, 6.07) is 6.04. The summed E-state index contributed by atoms with van der Waals surface area (Å²) in [6.45, 7) is 9.51. The minimum atomic E-state index is 0.442. The molecule has 1 aromatic heterocycles. The number of ether oxygens (including phenoxy) is 1. The Morgan fingerprint density at radius 3 is 2.63 bits per heavy atom. The summed E-state index contributed by atoms with van der Waals surface area (Å²) in [5.74, 6) is 1.31. The zero-order chi connectivity index (χ0) is 14.0. The maximum atomic E-state index is 5.33. The highest BCUT2D eigenvalue weighted by atomic mass is 16.5. The number of rotatable bonds is 4. The molecule has 1 aromatic carbocycles. The van der Waals surface area contributed by atoms with Gasteiger partial charge in [0.25, 0.3) is 0 Å². The first-order valence-electron chi connectivity index (χ1n) is 6.80. The number of fused-ring (bicyclic) bond motifs is 1. The minimum absolute atomic E-state index is 0.442. The molecule has 0 aliphatic heterocycles. The van der Waals surface area contributed by atoms with Crippen molar-refractivity contribution in [2.75, 3.05) is 19.0 Å². The molecule has 3 nitrogen and oxygen atoms in total. The van der Waals surface area contributed by atoms with E-state index in [0.717, 1.165) is 28.9 Å². The van der Waals surface area contributed by atoms with Gasteiger partial charge in [-0.3, -0.25) is 4.98 Å². The quantitative estimate of drug-likeness (QED) is 0.896. The standard InChI is InChI=1S/C16H22N2O/c1-6-17-16-13-9-12(19-5)7-8-14(13)18-11(4)15(16)10(2)3/h7-10H,6H2,1-5H3,(H,17,18). The van der Waals surface area contributed by atoms with Crippen molar-refractivity contribution >= 4 is 16.6 Å². The highest BCUT2D eigenvalue weighted by molar-refractivity contribution is 5.94. The molecule has 0 radical (unpaired) electrons. The summed E-state index contributed by atoms with van der Waals surface area (Å²) >= 11 is 0. The minimum Gasteiger partial charge on any atom is -0.497 e. The number of methoxy groups -OCH3 is 1. The van der Waals surface area contributed by atoms with Gasteiger partial charge in [0, 0.05) is 23.3 Å². The molecule has 0 saturated heterocycles. The van der Waals surface area contributed by atoms with Crippen LogP contribution in [0.3, 0.4) is 0 Å². The van der Waals surface area contributed by atoms with Gasteiger partial charge in [-0.2, -0.15) is 0 Å². The summed E-state index contributed by atoms with van der Waals surface area (Å²) in [6.07, 6.45) is 0. The van der Waals surface area contributed by atoms with Crippen LogP contribution in [-0.4, -0.2) is 18.6 Å². The number of nitrogens with zero attached hydrogens (tertiary/aromatic N) is 1. The average molecular weight is 258 g/mol. The topological polar surface area (TPSA) is 34.2 Å². The van der Waals surface area contributed by atoms with Crippen molar-refractivity contribution in [1.29, 1.82) is 0 Å². The molecule has 0 aliphatic carbocycles. The van der Waals surface area contributed by atoms with E-state index in [0.29, 0.717) is 5.92 Å². The predicted octanol–water partition coefficient (Wildman–Crippen LogP) is 4.11. The van der Waals surface area contributed by atoms with Gasteiger partial charge in [0.05, 0.1) is 12.6 Å². The lowest BCUT2D eigenvalue weighted by Crippen LogP contribution is -2.07. The van der Waals surface area contributed by atoms with Crippen LogP contribution in [0.25, 0.3) is 10.9 Å². The maximum absolute atomic E-state index is 5.33. The van der Waals surface area contributed by atoms with Gasteiger partial charge >= 0.3 is 0 Å². The van der Waals surface area contributed by atoms with Crippen molar-refractivity contribution in [2.24, 2.45) is 0 Å². The van der Waals surface area contributed by atoms with E-state index in [1.165, 1.54) is 11.3 Å². The molecule has 0 amide bonds. The fourth-order valence-corrected chi connectivity index (χ4v) is 2.58. The molecule has 19 heavy (non-hydrogen) atoms. The Labute approximate surface area is 115 Å². The second-order valence-electron chi connectivity index (χ2n) is 5.05. The molecule has 0 unspecified atom stereocenters. The smallest absolute Gasteiger partial charge is 0.119 e. The van der Waals surface area contributed by atoms with Gasteiger partial charge in [-0.05, 0) is 43.5 Å². The van der Waals surface area contributed by atoms with Crippen LogP contribution in [0.2, 0.25) is 0 Å². The number of anilines is 1. The van der Waals surface area contributed by atoms with Crippen molar-refractivity contribution in [3.63, 3.8) is 0 Å². The van der Waals surface area contributed by atoms with Crippen LogP contribution in [0.15, 0.2) is 18.2 Å². The molecule has 0 aliphatic rings. The third-order valence-electron chi connectivity index (χ3n) is 3.35. The van der Waals surface area contributed by atoms with Crippen LogP contribution in [0.1, 0.15) is 37.9 Å². The highest BCUT2D eigenvalue weighted by Gasteiger charge is 2.15. The molecule has 2 rings (SSSR count). The Kier molecular flexibility index (Phi) is 3.93. The summed E-state index contributed by atoms with van der Waals surface area (Å²) < 4.78 is 5.33. The lowest BCUT2D eigenvalue weighted by molar-refractivity contribution is 0.415. The van der Waals surface area contributed by atoms with Crippen LogP contribution in [-0.2, 0) is 0 Å². The van der Waals surface area contributed by atoms with E-state index < -0.39 is 0 Å². The molecule has 0 saturated carbocycles. The van der Waals surface area contributed by atoms with Gasteiger partial charge in [0.2, 0.25) is 0 Å². The fourth-order valence-electron chi connectivity index (χ4n) is 2.58. The Bertz CT molecular complexity index is 591. The first-order chi connectivity index (χ1) is 9.08. The number of nitrogens with one attached hydrogen (secondary N) is 1. The number of aromatic nitrogens is 1. The molecule has 2 aromatic rings. The Morgan fingerprint density at radius 2 is 2.05 bits per heavy atom.